The minimum Gasteiger partial charge on any atom is -0.350 e. The van der Waals surface area contributed by atoms with Gasteiger partial charge in [-0.3, -0.25) is 4.79 Å². The fraction of sp³-hybridized carbons (Fsp3) is 0.350. The Morgan fingerprint density at radius 3 is 2.33 bits per heavy atom. The van der Waals surface area contributed by atoms with Gasteiger partial charge in [-0.05, 0) is 56.5 Å². The molecule has 0 aliphatic rings. The van der Waals surface area contributed by atoms with E-state index in [0.717, 1.165) is 17.7 Å². The van der Waals surface area contributed by atoms with Crippen LogP contribution in [-0.4, -0.2) is 16.7 Å². The molecule has 2 aromatic rings. The summed E-state index contributed by atoms with van der Waals surface area (Å²) >= 11 is 7.50. The minimum atomic E-state index is -0.285. The maximum Gasteiger partial charge on any atom is 0.233 e. The molecule has 0 spiro atoms. The molecule has 2 aromatic carbocycles. The Morgan fingerprint density at radius 2 is 1.75 bits per heavy atom. The van der Waals surface area contributed by atoms with E-state index in [4.69, 9.17) is 11.6 Å². The average molecular weight is 362 g/mol. The third kappa shape index (κ3) is 5.88. The van der Waals surface area contributed by atoms with Gasteiger partial charge in [0.1, 0.15) is 0 Å². The van der Waals surface area contributed by atoms with Gasteiger partial charge in [0.05, 0.1) is 5.25 Å². The molecule has 4 heteroatoms. The van der Waals surface area contributed by atoms with Crippen molar-refractivity contribution in [1.29, 1.82) is 0 Å². The maximum absolute atomic E-state index is 12.7. The molecule has 2 nitrogen and oxygen atoms in total. The number of hydrogen-bond acceptors (Lipinski definition) is 2. The zero-order chi connectivity index (χ0) is 17.6. The summed E-state index contributed by atoms with van der Waals surface area (Å²) in [5, 5.41) is 3.80. The molecular formula is C20H24ClNOS. The van der Waals surface area contributed by atoms with E-state index in [1.54, 1.807) is 11.8 Å². The van der Waals surface area contributed by atoms with Crippen molar-refractivity contribution in [2.45, 2.75) is 49.3 Å². The summed E-state index contributed by atoms with van der Waals surface area (Å²) in [4.78, 5) is 13.8. The molecule has 0 heterocycles. The normalized spacial score (nSPS) is 12.7. The molecule has 0 aromatic heterocycles. The Morgan fingerprint density at radius 1 is 1.12 bits per heavy atom. The van der Waals surface area contributed by atoms with Crippen molar-refractivity contribution in [3.05, 3.63) is 65.2 Å². The summed E-state index contributed by atoms with van der Waals surface area (Å²) in [5.41, 5.74) is 0.938. The molecule has 1 N–H and O–H groups in total. The molecule has 1 amide bonds. The first-order chi connectivity index (χ1) is 11.4. The lowest BCUT2D eigenvalue weighted by molar-refractivity contribution is -0.122. The third-order valence-electron chi connectivity index (χ3n) is 3.71. The van der Waals surface area contributed by atoms with Gasteiger partial charge in [-0.25, -0.2) is 0 Å². The van der Waals surface area contributed by atoms with Gasteiger partial charge in [-0.15, -0.1) is 11.8 Å². The number of halogens is 1. The molecule has 24 heavy (non-hydrogen) atoms. The number of nitrogens with one attached hydrogen (secondary N) is 1. The van der Waals surface area contributed by atoms with Gasteiger partial charge < -0.3 is 5.32 Å². The highest BCUT2D eigenvalue weighted by Gasteiger charge is 2.26. The Bertz CT molecular complexity index is 655. The van der Waals surface area contributed by atoms with Crippen LogP contribution in [0.4, 0.5) is 0 Å². The van der Waals surface area contributed by atoms with Crippen LogP contribution in [0.25, 0.3) is 0 Å². The molecular weight excluding hydrogens is 338 g/mol. The van der Waals surface area contributed by atoms with Crippen LogP contribution in [-0.2, 0) is 11.2 Å². The maximum atomic E-state index is 12.7. The first kappa shape index (κ1) is 18.9. The van der Waals surface area contributed by atoms with Crippen molar-refractivity contribution in [1.82, 2.24) is 5.32 Å². The first-order valence-corrected chi connectivity index (χ1v) is 9.43. The molecule has 0 bridgehead atoms. The molecule has 0 unspecified atom stereocenters. The van der Waals surface area contributed by atoms with Crippen LogP contribution in [0.1, 0.15) is 32.8 Å². The standard InChI is InChI=1S/C20H24ClNOS/c1-4-18(24-17-12-10-16(21)11-13-17)19(23)22-20(2,3)14-15-8-6-5-7-9-15/h5-13,18H,4,14H2,1-3H3,(H,22,23)/t18-/m0/s1. The number of carbonyl (C=O) groups is 1. The van der Waals surface area contributed by atoms with E-state index < -0.39 is 0 Å². The number of carbonyl (C=O) groups excluding carboxylic acids is 1. The summed E-state index contributed by atoms with van der Waals surface area (Å²) in [6.07, 6.45) is 1.59. The summed E-state index contributed by atoms with van der Waals surface area (Å²) in [5.74, 6) is 0.0818. The van der Waals surface area contributed by atoms with Crippen molar-refractivity contribution < 1.29 is 4.79 Å². The van der Waals surface area contributed by atoms with Crippen LogP contribution in [0.2, 0.25) is 5.02 Å². The Balaban J connectivity index is 1.98. The van der Waals surface area contributed by atoms with Gasteiger partial charge in [0.15, 0.2) is 0 Å². The quantitative estimate of drug-likeness (QED) is 0.673. The number of amides is 1. The lowest BCUT2D eigenvalue weighted by Gasteiger charge is -2.28. The highest BCUT2D eigenvalue weighted by atomic mass is 35.5. The zero-order valence-electron chi connectivity index (χ0n) is 14.4. The minimum absolute atomic E-state index is 0.0818. The van der Waals surface area contributed by atoms with Crippen LogP contribution < -0.4 is 5.32 Å². The summed E-state index contributed by atoms with van der Waals surface area (Å²) in [6, 6.07) is 17.9. The number of hydrogen-bond donors (Lipinski definition) is 1. The zero-order valence-corrected chi connectivity index (χ0v) is 16.0. The highest BCUT2D eigenvalue weighted by molar-refractivity contribution is 8.00. The Labute approximate surface area is 154 Å². The van der Waals surface area contributed by atoms with E-state index in [-0.39, 0.29) is 16.7 Å². The van der Waals surface area contributed by atoms with Gasteiger partial charge in [0.2, 0.25) is 5.91 Å². The first-order valence-electron chi connectivity index (χ1n) is 8.18. The molecule has 1 atom stereocenters. The molecule has 128 valence electrons. The van der Waals surface area contributed by atoms with E-state index in [9.17, 15) is 4.79 Å². The number of thioether (sulfide) groups is 1. The summed E-state index contributed by atoms with van der Waals surface area (Å²) < 4.78 is 0. The summed E-state index contributed by atoms with van der Waals surface area (Å²) in [6.45, 7) is 6.17. The van der Waals surface area contributed by atoms with Crippen LogP contribution in [0.3, 0.4) is 0 Å². The highest BCUT2D eigenvalue weighted by Crippen LogP contribution is 2.27. The summed E-state index contributed by atoms with van der Waals surface area (Å²) in [7, 11) is 0. The Kier molecular flexibility index (Phi) is 6.76. The predicted octanol–water partition coefficient (Wildman–Crippen LogP) is 5.35. The predicted molar refractivity (Wildman–Crippen MR) is 104 cm³/mol. The largest absolute Gasteiger partial charge is 0.350 e. The third-order valence-corrected chi connectivity index (χ3v) is 5.33. The van der Waals surface area contributed by atoms with Crippen molar-refractivity contribution in [2.75, 3.05) is 0 Å². The fourth-order valence-electron chi connectivity index (χ4n) is 2.56. The second-order valence-corrected chi connectivity index (χ2v) is 8.22. The molecule has 0 saturated heterocycles. The van der Waals surface area contributed by atoms with E-state index >= 15 is 0 Å². The van der Waals surface area contributed by atoms with E-state index in [0.29, 0.717) is 5.02 Å². The van der Waals surface area contributed by atoms with Crippen molar-refractivity contribution in [2.24, 2.45) is 0 Å². The lowest BCUT2D eigenvalue weighted by Crippen LogP contribution is -2.48. The SMILES string of the molecule is CC[C@H](Sc1ccc(Cl)cc1)C(=O)NC(C)(C)Cc1ccccc1. The van der Waals surface area contributed by atoms with Crippen molar-refractivity contribution in [3.63, 3.8) is 0 Å². The Hall–Kier alpha value is -1.45. The van der Waals surface area contributed by atoms with Crippen LogP contribution in [0, 0.1) is 0 Å². The molecule has 0 aliphatic carbocycles. The van der Waals surface area contributed by atoms with Crippen molar-refractivity contribution in [3.8, 4) is 0 Å². The van der Waals surface area contributed by atoms with Gasteiger partial charge in [0.25, 0.3) is 0 Å². The number of benzene rings is 2. The monoisotopic (exact) mass is 361 g/mol. The van der Waals surface area contributed by atoms with E-state index in [1.807, 2.05) is 49.4 Å². The van der Waals surface area contributed by atoms with Gasteiger partial charge >= 0.3 is 0 Å². The van der Waals surface area contributed by atoms with Gasteiger partial charge in [0, 0.05) is 15.5 Å². The van der Waals surface area contributed by atoms with E-state index in [2.05, 4.69) is 31.3 Å². The number of rotatable bonds is 7. The molecule has 0 aliphatic heterocycles. The average Bonchev–Trinajstić information content (AvgIpc) is 2.54. The van der Waals surface area contributed by atoms with E-state index in [1.165, 1.54) is 5.56 Å². The van der Waals surface area contributed by atoms with Crippen LogP contribution in [0.15, 0.2) is 59.5 Å². The topological polar surface area (TPSA) is 29.1 Å². The molecule has 0 saturated carbocycles. The molecule has 0 fully saturated rings. The van der Waals surface area contributed by atoms with Crippen molar-refractivity contribution >= 4 is 29.3 Å². The van der Waals surface area contributed by atoms with Gasteiger partial charge in [-0.1, -0.05) is 48.9 Å². The molecule has 2 rings (SSSR count). The van der Waals surface area contributed by atoms with Crippen LogP contribution >= 0.6 is 23.4 Å². The lowest BCUT2D eigenvalue weighted by atomic mass is 9.94. The second kappa shape index (κ2) is 8.59. The molecule has 0 radical (unpaired) electrons. The second-order valence-electron chi connectivity index (χ2n) is 6.50. The van der Waals surface area contributed by atoms with Gasteiger partial charge in [-0.2, -0.15) is 0 Å². The smallest absolute Gasteiger partial charge is 0.233 e. The van der Waals surface area contributed by atoms with Crippen LogP contribution in [0.5, 0.6) is 0 Å². The fourth-order valence-corrected chi connectivity index (χ4v) is 3.64.